The van der Waals surface area contributed by atoms with Crippen molar-refractivity contribution in [2.24, 2.45) is 0 Å². The molecule has 6 rings (SSSR count). The van der Waals surface area contributed by atoms with Gasteiger partial charge in [-0.1, -0.05) is 36.4 Å². The van der Waals surface area contributed by atoms with Crippen molar-refractivity contribution in [1.82, 2.24) is 9.38 Å². The van der Waals surface area contributed by atoms with Gasteiger partial charge in [-0.05, 0) is 82.6 Å². The van der Waals surface area contributed by atoms with Crippen LogP contribution in [0, 0.1) is 0 Å². The largest absolute Gasteiger partial charge is 0.371 e. The second-order valence-corrected chi connectivity index (χ2v) is 9.34. The number of aryl methyl sites for hydroxylation is 2. The van der Waals surface area contributed by atoms with E-state index in [9.17, 15) is 0 Å². The number of hydrogen-bond donors (Lipinski definition) is 1. The van der Waals surface area contributed by atoms with Crippen LogP contribution in [0.3, 0.4) is 0 Å². The molecule has 4 nitrogen and oxygen atoms in total. The van der Waals surface area contributed by atoms with Crippen LogP contribution in [0.25, 0.3) is 16.9 Å². The van der Waals surface area contributed by atoms with Gasteiger partial charge in [0.05, 0.1) is 4.60 Å². The van der Waals surface area contributed by atoms with E-state index in [0.29, 0.717) is 0 Å². The lowest BCUT2D eigenvalue weighted by Crippen LogP contribution is -2.34. The molecule has 5 heteroatoms. The number of hydrogen-bond acceptors (Lipinski definition) is 3. The Morgan fingerprint density at radius 3 is 2.39 bits per heavy atom. The smallest absolute Gasteiger partial charge is 0.140 e. The lowest BCUT2D eigenvalue weighted by atomic mass is 9.89. The monoisotopic (exact) mass is 472 g/mol. The maximum Gasteiger partial charge on any atom is 0.140 e. The van der Waals surface area contributed by atoms with Gasteiger partial charge >= 0.3 is 0 Å². The maximum absolute atomic E-state index is 5.07. The number of rotatable bonds is 4. The van der Waals surface area contributed by atoms with E-state index in [0.717, 1.165) is 41.1 Å². The fourth-order valence-corrected chi connectivity index (χ4v) is 5.65. The summed E-state index contributed by atoms with van der Waals surface area (Å²) in [5.74, 6) is 1.04. The number of pyridine rings is 1. The van der Waals surface area contributed by atoms with E-state index < -0.39 is 0 Å². The minimum Gasteiger partial charge on any atom is -0.371 e. The first-order chi connectivity index (χ1) is 15.3. The minimum absolute atomic E-state index is 0.758. The summed E-state index contributed by atoms with van der Waals surface area (Å²) in [6.07, 6.45) is 4.81. The molecule has 0 atom stereocenters. The molecule has 2 aromatic carbocycles. The molecule has 0 fully saturated rings. The van der Waals surface area contributed by atoms with E-state index in [2.05, 4.69) is 85.1 Å². The highest BCUT2D eigenvalue weighted by Gasteiger charge is 2.26. The van der Waals surface area contributed by atoms with E-state index in [-0.39, 0.29) is 0 Å². The molecule has 0 radical (unpaired) electrons. The van der Waals surface area contributed by atoms with Crippen LogP contribution in [0.4, 0.5) is 11.5 Å². The van der Waals surface area contributed by atoms with E-state index in [1.54, 1.807) is 0 Å². The fourth-order valence-electron chi connectivity index (χ4n) is 5.14. The first kappa shape index (κ1) is 18.9. The van der Waals surface area contributed by atoms with Gasteiger partial charge in [-0.3, -0.25) is 4.40 Å². The van der Waals surface area contributed by atoms with Crippen molar-refractivity contribution < 1.29 is 0 Å². The summed E-state index contributed by atoms with van der Waals surface area (Å²) >= 11 is 3.74. The van der Waals surface area contributed by atoms with Crippen LogP contribution < -0.4 is 10.2 Å². The lowest BCUT2D eigenvalue weighted by Gasteiger charge is -2.37. The van der Waals surface area contributed by atoms with Crippen LogP contribution in [-0.4, -0.2) is 22.5 Å². The van der Waals surface area contributed by atoms with Gasteiger partial charge in [-0.2, -0.15) is 0 Å². The quantitative estimate of drug-likeness (QED) is 0.365. The normalized spacial score (nSPS) is 15.2. The Kier molecular flexibility index (Phi) is 4.72. The third-order valence-corrected chi connectivity index (χ3v) is 7.12. The van der Waals surface area contributed by atoms with Gasteiger partial charge in [0, 0.05) is 30.9 Å². The van der Waals surface area contributed by atoms with Crippen molar-refractivity contribution in [2.45, 2.75) is 32.2 Å². The van der Waals surface area contributed by atoms with Gasteiger partial charge in [0.2, 0.25) is 0 Å². The molecule has 156 valence electrons. The SMILES string of the molecule is Brc1cccc2nc(-c3cc4c5c(c3)CCCN5CCC4)c(NCc3ccccc3)n12. The number of nitrogens with zero attached hydrogens (tertiary/aromatic N) is 3. The maximum atomic E-state index is 5.07. The minimum atomic E-state index is 0.758. The summed E-state index contributed by atoms with van der Waals surface area (Å²) in [4.78, 5) is 7.67. The molecule has 0 spiro atoms. The number of anilines is 2. The molecule has 0 unspecified atom stereocenters. The molecule has 2 aromatic heterocycles. The van der Waals surface area contributed by atoms with Crippen LogP contribution in [-0.2, 0) is 19.4 Å². The zero-order valence-electron chi connectivity index (χ0n) is 17.4. The Labute approximate surface area is 191 Å². The predicted octanol–water partition coefficient (Wildman–Crippen LogP) is 6.07. The number of aromatic nitrogens is 2. The standard InChI is InChI=1S/C26H25BrN4/c27-22-11-4-12-23-29-24(26(31(22)23)28-17-18-7-2-1-3-8-18)21-15-19-9-5-13-30-14-6-10-20(16-21)25(19)30/h1-4,7-8,11-12,15-16,28H,5-6,9-10,13-14,17H2. The highest BCUT2D eigenvalue weighted by molar-refractivity contribution is 9.10. The summed E-state index contributed by atoms with van der Waals surface area (Å²) < 4.78 is 3.18. The molecule has 0 bridgehead atoms. The van der Waals surface area contributed by atoms with Crippen LogP contribution in [0.2, 0.25) is 0 Å². The van der Waals surface area contributed by atoms with Crippen molar-refractivity contribution >= 4 is 33.1 Å². The number of imidazole rings is 1. The second-order valence-electron chi connectivity index (χ2n) is 8.53. The van der Waals surface area contributed by atoms with E-state index in [4.69, 9.17) is 4.98 Å². The first-order valence-corrected chi connectivity index (χ1v) is 11.9. The van der Waals surface area contributed by atoms with Crippen molar-refractivity contribution in [2.75, 3.05) is 23.3 Å². The Morgan fingerprint density at radius 2 is 1.65 bits per heavy atom. The Morgan fingerprint density at radius 1 is 0.903 bits per heavy atom. The summed E-state index contributed by atoms with van der Waals surface area (Å²) in [6, 6.07) is 21.5. The zero-order chi connectivity index (χ0) is 20.8. The second kappa shape index (κ2) is 7.72. The summed E-state index contributed by atoms with van der Waals surface area (Å²) in [5, 5.41) is 3.69. The van der Waals surface area contributed by atoms with Gasteiger partial charge < -0.3 is 10.2 Å². The number of fused-ring (bicyclic) bond motifs is 1. The predicted molar refractivity (Wildman–Crippen MR) is 131 cm³/mol. The Hall–Kier alpha value is -2.79. The van der Waals surface area contributed by atoms with Gasteiger partial charge in [0.15, 0.2) is 0 Å². The molecule has 0 amide bonds. The summed E-state index contributed by atoms with van der Waals surface area (Å²) in [5.41, 5.74) is 8.95. The molecule has 4 heterocycles. The number of halogens is 1. The van der Waals surface area contributed by atoms with Crippen molar-refractivity contribution in [3.63, 3.8) is 0 Å². The third-order valence-electron chi connectivity index (χ3n) is 6.50. The highest BCUT2D eigenvalue weighted by Crippen LogP contribution is 2.40. The Bertz CT molecular complexity index is 1230. The van der Waals surface area contributed by atoms with E-state index in [1.165, 1.54) is 53.9 Å². The van der Waals surface area contributed by atoms with Crippen molar-refractivity contribution in [1.29, 1.82) is 0 Å². The topological polar surface area (TPSA) is 32.6 Å². The number of nitrogens with one attached hydrogen (secondary N) is 1. The van der Waals surface area contributed by atoms with E-state index >= 15 is 0 Å². The zero-order valence-corrected chi connectivity index (χ0v) is 19.0. The summed E-state index contributed by atoms with van der Waals surface area (Å²) in [7, 11) is 0. The molecule has 4 aromatic rings. The van der Waals surface area contributed by atoms with Gasteiger partial charge in [0.25, 0.3) is 0 Å². The first-order valence-electron chi connectivity index (χ1n) is 11.1. The van der Waals surface area contributed by atoms with E-state index in [1.807, 2.05) is 6.07 Å². The summed E-state index contributed by atoms with van der Waals surface area (Å²) in [6.45, 7) is 3.16. The van der Waals surface area contributed by atoms with Gasteiger partial charge in [-0.25, -0.2) is 4.98 Å². The van der Waals surface area contributed by atoms with Crippen molar-refractivity contribution in [3.8, 4) is 11.3 Å². The van der Waals surface area contributed by atoms with Crippen LogP contribution in [0.15, 0.2) is 65.3 Å². The molecular weight excluding hydrogens is 448 g/mol. The average Bonchev–Trinajstić information content (AvgIpc) is 3.19. The molecule has 1 N–H and O–H groups in total. The molecule has 2 aliphatic heterocycles. The highest BCUT2D eigenvalue weighted by atomic mass is 79.9. The molecule has 0 aliphatic carbocycles. The fraction of sp³-hybridized carbons (Fsp3) is 0.269. The van der Waals surface area contributed by atoms with Crippen molar-refractivity contribution in [3.05, 3.63) is 82.0 Å². The third kappa shape index (κ3) is 3.32. The van der Waals surface area contributed by atoms with Crippen LogP contribution in [0.5, 0.6) is 0 Å². The van der Waals surface area contributed by atoms with Crippen LogP contribution >= 0.6 is 15.9 Å². The van der Waals surface area contributed by atoms with Gasteiger partial charge in [-0.15, -0.1) is 0 Å². The molecule has 2 aliphatic rings. The Balaban J connectivity index is 1.49. The molecule has 31 heavy (non-hydrogen) atoms. The average molecular weight is 473 g/mol. The lowest BCUT2D eigenvalue weighted by molar-refractivity contribution is 0.634. The van der Waals surface area contributed by atoms with Gasteiger partial charge in [0.1, 0.15) is 17.2 Å². The molecule has 0 saturated heterocycles. The number of benzene rings is 2. The molecular formula is C26H25BrN4. The van der Waals surface area contributed by atoms with Crippen LogP contribution in [0.1, 0.15) is 29.5 Å². The molecule has 0 saturated carbocycles.